The van der Waals surface area contributed by atoms with Crippen molar-refractivity contribution in [1.29, 1.82) is 5.26 Å². The van der Waals surface area contributed by atoms with E-state index in [1.807, 2.05) is 24.3 Å². The summed E-state index contributed by atoms with van der Waals surface area (Å²) in [4.78, 5) is 17.7. The van der Waals surface area contributed by atoms with Crippen LogP contribution < -0.4 is 10.2 Å². The van der Waals surface area contributed by atoms with Gasteiger partial charge in [0.05, 0.1) is 23.5 Å². The number of carbonyl (C=O) groups excluding carboxylic acids is 1. The molecule has 26 heavy (non-hydrogen) atoms. The van der Waals surface area contributed by atoms with Gasteiger partial charge >= 0.3 is 0 Å². The van der Waals surface area contributed by atoms with Crippen LogP contribution >= 0.6 is 0 Å². The molecule has 1 aromatic heterocycles. The Balaban J connectivity index is 1.82. The number of rotatable bonds is 5. The molecule has 6 heteroatoms. The molecule has 1 saturated heterocycles. The monoisotopic (exact) mass is 352 g/mol. The standard InChI is InChI=1S/C20H24N4O2/c1-2-14-5-7-24(8-6-14)19-4-3-15(13-25)9-17(19)23-20(26)18-10-16(11-21)12-22-18/h3-4,9-10,12,14,22,25H,2,5-8,13H2,1H3,(H,23,26). The van der Waals surface area contributed by atoms with E-state index < -0.39 is 0 Å². The second-order valence-corrected chi connectivity index (χ2v) is 6.72. The van der Waals surface area contributed by atoms with Crippen LogP contribution in [0.3, 0.4) is 0 Å². The Morgan fingerprint density at radius 1 is 1.38 bits per heavy atom. The number of nitriles is 1. The van der Waals surface area contributed by atoms with Crippen LogP contribution in [0.25, 0.3) is 0 Å². The van der Waals surface area contributed by atoms with Gasteiger partial charge in [0, 0.05) is 19.3 Å². The summed E-state index contributed by atoms with van der Waals surface area (Å²) in [6, 6.07) is 9.19. The fourth-order valence-corrected chi connectivity index (χ4v) is 3.42. The third-order valence-corrected chi connectivity index (χ3v) is 5.08. The van der Waals surface area contributed by atoms with Gasteiger partial charge in [0.25, 0.3) is 5.91 Å². The maximum absolute atomic E-state index is 12.5. The van der Waals surface area contributed by atoms with Crippen LogP contribution in [0.2, 0.25) is 0 Å². The van der Waals surface area contributed by atoms with Gasteiger partial charge in [0.1, 0.15) is 11.8 Å². The molecule has 2 aromatic rings. The molecule has 1 aliphatic rings. The second-order valence-electron chi connectivity index (χ2n) is 6.72. The Hall–Kier alpha value is -2.78. The third kappa shape index (κ3) is 3.89. The molecule has 1 fully saturated rings. The first-order chi connectivity index (χ1) is 12.6. The van der Waals surface area contributed by atoms with Gasteiger partial charge in [-0.2, -0.15) is 5.26 Å². The van der Waals surface area contributed by atoms with Gasteiger partial charge in [-0.15, -0.1) is 0 Å². The number of aromatic amines is 1. The largest absolute Gasteiger partial charge is 0.392 e. The van der Waals surface area contributed by atoms with Crippen LogP contribution in [-0.2, 0) is 6.61 Å². The maximum atomic E-state index is 12.5. The predicted octanol–water partition coefficient (Wildman–Crippen LogP) is 3.26. The minimum absolute atomic E-state index is 0.0812. The third-order valence-electron chi connectivity index (χ3n) is 5.08. The molecule has 6 nitrogen and oxygen atoms in total. The van der Waals surface area contributed by atoms with Gasteiger partial charge in [-0.25, -0.2) is 0 Å². The van der Waals surface area contributed by atoms with Crippen LogP contribution in [0.4, 0.5) is 11.4 Å². The lowest BCUT2D eigenvalue weighted by Crippen LogP contribution is -2.34. The lowest BCUT2D eigenvalue weighted by molar-refractivity contribution is 0.102. The summed E-state index contributed by atoms with van der Waals surface area (Å²) in [5.74, 6) is 0.468. The highest BCUT2D eigenvalue weighted by Crippen LogP contribution is 2.32. The minimum Gasteiger partial charge on any atom is -0.392 e. The number of hydrogen-bond acceptors (Lipinski definition) is 4. The summed E-state index contributed by atoms with van der Waals surface area (Å²) in [6.45, 7) is 4.07. The van der Waals surface area contributed by atoms with Crippen LogP contribution in [-0.4, -0.2) is 29.1 Å². The molecule has 0 radical (unpaired) electrons. The van der Waals surface area contributed by atoms with Gasteiger partial charge in [-0.1, -0.05) is 19.4 Å². The number of piperidine rings is 1. The number of hydrogen-bond donors (Lipinski definition) is 3. The highest BCUT2D eigenvalue weighted by molar-refractivity contribution is 6.05. The molecular weight excluding hydrogens is 328 g/mol. The second kappa shape index (κ2) is 8.07. The zero-order valence-corrected chi connectivity index (χ0v) is 15.0. The summed E-state index contributed by atoms with van der Waals surface area (Å²) >= 11 is 0. The molecule has 0 aliphatic carbocycles. The Bertz CT molecular complexity index is 813. The van der Waals surface area contributed by atoms with Gasteiger partial charge in [-0.3, -0.25) is 4.79 Å². The maximum Gasteiger partial charge on any atom is 0.272 e. The molecular formula is C20H24N4O2. The zero-order chi connectivity index (χ0) is 18.5. The highest BCUT2D eigenvalue weighted by atomic mass is 16.3. The average molecular weight is 352 g/mol. The van der Waals surface area contributed by atoms with E-state index in [4.69, 9.17) is 5.26 Å². The van der Waals surface area contributed by atoms with Gasteiger partial charge in [0.2, 0.25) is 0 Å². The van der Waals surface area contributed by atoms with Crippen molar-refractivity contribution in [3.63, 3.8) is 0 Å². The summed E-state index contributed by atoms with van der Waals surface area (Å²) in [5.41, 5.74) is 3.16. The molecule has 3 N–H and O–H groups in total. The lowest BCUT2D eigenvalue weighted by Gasteiger charge is -2.34. The van der Waals surface area contributed by atoms with Gasteiger partial charge < -0.3 is 20.3 Å². The number of benzene rings is 1. The van der Waals surface area contributed by atoms with E-state index in [-0.39, 0.29) is 12.5 Å². The van der Waals surface area contributed by atoms with E-state index >= 15 is 0 Å². The smallest absolute Gasteiger partial charge is 0.272 e. The molecule has 3 rings (SSSR count). The van der Waals surface area contributed by atoms with Crippen LogP contribution in [0.1, 0.15) is 47.8 Å². The van der Waals surface area contributed by atoms with Crippen molar-refractivity contribution in [3.8, 4) is 6.07 Å². The molecule has 136 valence electrons. The molecule has 0 saturated carbocycles. The lowest BCUT2D eigenvalue weighted by atomic mass is 9.94. The van der Waals surface area contributed by atoms with E-state index in [1.165, 1.54) is 18.7 Å². The number of nitrogens with one attached hydrogen (secondary N) is 2. The zero-order valence-electron chi connectivity index (χ0n) is 15.0. The van der Waals surface area contributed by atoms with Crippen molar-refractivity contribution < 1.29 is 9.90 Å². The van der Waals surface area contributed by atoms with E-state index in [0.717, 1.165) is 43.1 Å². The number of aromatic nitrogens is 1. The van der Waals surface area contributed by atoms with Crippen molar-refractivity contribution in [3.05, 3.63) is 47.3 Å². The van der Waals surface area contributed by atoms with Crippen molar-refractivity contribution in [1.82, 2.24) is 4.98 Å². The number of nitrogens with zero attached hydrogens (tertiary/aromatic N) is 2. The summed E-state index contributed by atoms with van der Waals surface area (Å²) in [5, 5.41) is 21.3. The normalized spacial score (nSPS) is 14.9. The molecule has 0 bridgehead atoms. The molecule has 0 spiro atoms. The Morgan fingerprint density at radius 2 is 2.15 bits per heavy atom. The number of amides is 1. The summed E-state index contributed by atoms with van der Waals surface area (Å²) < 4.78 is 0. The predicted molar refractivity (Wildman–Crippen MR) is 101 cm³/mol. The van der Waals surface area contributed by atoms with E-state index in [2.05, 4.69) is 22.1 Å². The summed E-state index contributed by atoms with van der Waals surface area (Å²) in [7, 11) is 0. The fourth-order valence-electron chi connectivity index (χ4n) is 3.42. The van der Waals surface area contributed by atoms with Crippen LogP contribution in [0.5, 0.6) is 0 Å². The highest BCUT2D eigenvalue weighted by Gasteiger charge is 2.21. The fraction of sp³-hybridized carbons (Fsp3) is 0.400. The van der Waals surface area contributed by atoms with Crippen LogP contribution in [0, 0.1) is 17.2 Å². The van der Waals surface area contributed by atoms with Crippen molar-refractivity contribution in [2.24, 2.45) is 5.92 Å². The van der Waals surface area contributed by atoms with Crippen molar-refractivity contribution >= 4 is 17.3 Å². The Morgan fingerprint density at radius 3 is 2.77 bits per heavy atom. The summed E-state index contributed by atoms with van der Waals surface area (Å²) in [6.07, 6.45) is 5.01. The first-order valence-corrected chi connectivity index (χ1v) is 9.03. The average Bonchev–Trinajstić information content (AvgIpc) is 3.17. The molecule has 1 amide bonds. The number of carbonyl (C=O) groups is 1. The number of H-pyrrole nitrogens is 1. The first-order valence-electron chi connectivity index (χ1n) is 9.03. The number of anilines is 2. The minimum atomic E-state index is -0.300. The molecule has 1 aromatic carbocycles. The van der Waals surface area contributed by atoms with Crippen LogP contribution in [0.15, 0.2) is 30.5 Å². The van der Waals surface area contributed by atoms with Crippen molar-refractivity contribution in [2.45, 2.75) is 32.8 Å². The molecule has 2 heterocycles. The first kappa shape index (κ1) is 18.0. The topological polar surface area (TPSA) is 92.2 Å². The molecule has 0 unspecified atom stereocenters. The van der Waals surface area contributed by atoms with E-state index in [1.54, 1.807) is 0 Å². The van der Waals surface area contributed by atoms with Gasteiger partial charge in [-0.05, 0) is 42.5 Å². The SMILES string of the molecule is CCC1CCN(c2ccc(CO)cc2NC(=O)c2cc(C#N)c[nH]2)CC1. The van der Waals surface area contributed by atoms with Gasteiger partial charge in [0.15, 0.2) is 0 Å². The number of aliphatic hydroxyl groups is 1. The molecule has 0 atom stereocenters. The number of aliphatic hydroxyl groups excluding tert-OH is 1. The van der Waals surface area contributed by atoms with E-state index in [9.17, 15) is 9.90 Å². The quantitative estimate of drug-likeness (QED) is 0.770. The van der Waals surface area contributed by atoms with E-state index in [0.29, 0.717) is 16.9 Å². The Labute approximate surface area is 153 Å². The molecule has 1 aliphatic heterocycles. The van der Waals surface area contributed by atoms with Crippen molar-refractivity contribution in [2.75, 3.05) is 23.3 Å². The Kier molecular flexibility index (Phi) is 5.59.